The molecule has 1 saturated heterocycles. The zero-order valence-electron chi connectivity index (χ0n) is 10.7. The number of aliphatic hydroxyl groups excluding tert-OH is 2. The topological polar surface area (TPSA) is 125 Å². The van der Waals surface area contributed by atoms with Gasteiger partial charge in [0.25, 0.3) is 5.56 Å². The van der Waals surface area contributed by atoms with Crippen LogP contribution in [0.4, 0.5) is 0 Å². The molecule has 0 unspecified atom stereocenters. The van der Waals surface area contributed by atoms with Crippen LogP contribution in [0.5, 0.6) is 0 Å². The molecule has 4 N–H and O–H groups in total. The quantitative estimate of drug-likeness (QED) is 0.510. The predicted octanol–water partition coefficient (Wildman–Crippen LogP) is -2.04. The zero-order chi connectivity index (χ0) is 14.3. The van der Waals surface area contributed by atoms with Crippen LogP contribution in [-0.4, -0.2) is 61.6 Å². The Hall–Kier alpha value is -1.81. The van der Waals surface area contributed by atoms with Gasteiger partial charge in [0.2, 0.25) is 0 Å². The van der Waals surface area contributed by atoms with Crippen molar-refractivity contribution in [2.75, 3.05) is 13.7 Å². The summed E-state index contributed by atoms with van der Waals surface area (Å²) in [6, 6.07) is -0.413. The monoisotopic (exact) mass is 281 g/mol. The van der Waals surface area contributed by atoms with Crippen molar-refractivity contribution in [3.63, 3.8) is 0 Å². The lowest BCUT2D eigenvalue weighted by Crippen LogP contribution is -2.43. The fraction of sp³-hybridized carbons (Fsp3) is 0.545. The Morgan fingerprint density at radius 2 is 2.35 bits per heavy atom. The van der Waals surface area contributed by atoms with E-state index >= 15 is 0 Å². The van der Waals surface area contributed by atoms with E-state index in [-0.39, 0.29) is 17.7 Å². The smallest absolute Gasteiger partial charge is 0.278 e. The van der Waals surface area contributed by atoms with Crippen molar-refractivity contribution in [3.8, 4) is 0 Å². The van der Waals surface area contributed by atoms with Gasteiger partial charge in [0.05, 0.1) is 25.3 Å². The molecule has 0 bridgehead atoms. The van der Waals surface area contributed by atoms with Gasteiger partial charge in [0, 0.05) is 0 Å². The lowest BCUT2D eigenvalue weighted by Gasteiger charge is -2.18. The number of fused-ring (bicyclic) bond motifs is 1. The van der Waals surface area contributed by atoms with Gasteiger partial charge >= 0.3 is 0 Å². The van der Waals surface area contributed by atoms with Gasteiger partial charge in [-0.2, -0.15) is 0 Å². The number of aliphatic hydroxyl groups is 2. The summed E-state index contributed by atoms with van der Waals surface area (Å²) in [7, 11) is 1.68. The molecule has 0 spiro atoms. The molecule has 3 rings (SSSR count). The molecule has 0 saturated carbocycles. The molecule has 108 valence electrons. The van der Waals surface area contributed by atoms with Crippen LogP contribution < -0.4 is 10.9 Å². The summed E-state index contributed by atoms with van der Waals surface area (Å²) in [5, 5.41) is 22.5. The van der Waals surface area contributed by atoms with E-state index < -0.39 is 24.5 Å². The number of H-pyrrole nitrogens is 1. The molecular weight excluding hydrogens is 266 g/mol. The number of aromatic amines is 1. The van der Waals surface area contributed by atoms with Crippen LogP contribution in [0.15, 0.2) is 17.4 Å². The Balaban J connectivity index is 2.04. The summed E-state index contributed by atoms with van der Waals surface area (Å²) in [6.07, 6.45) is 0.468. The largest absolute Gasteiger partial charge is 0.394 e. The molecular formula is C11H15N5O4. The number of hydrogen-bond donors (Lipinski definition) is 4. The number of rotatable bonds is 3. The minimum Gasteiger partial charge on any atom is -0.394 e. The highest BCUT2D eigenvalue weighted by Gasteiger charge is 2.44. The first kappa shape index (κ1) is 13.2. The SMILES string of the molecule is CN[C@@H]1[C@@H](O)[C@@H](n2cnc3c(=O)[nH]cnc32)O[C@H]1CO. The van der Waals surface area contributed by atoms with Gasteiger partial charge in [-0.25, -0.2) is 9.97 Å². The Kier molecular flexibility index (Phi) is 3.26. The molecule has 0 radical (unpaired) electrons. The van der Waals surface area contributed by atoms with E-state index in [0.717, 1.165) is 0 Å². The fourth-order valence-corrected chi connectivity index (χ4v) is 2.53. The van der Waals surface area contributed by atoms with E-state index in [0.29, 0.717) is 5.65 Å². The lowest BCUT2D eigenvalue weighted by atomic mass is 10.1. The maximum absolute atomic E-state index is 11.6. The number of hydrogen-bond acceptors (Lipinski definition) is 7. The van der Waals surface area contributed by atoms with Crippen molar-refractivity contribution in [2.24, 2.45) is 0 Å². The average molecular weight is 281 g/mol. The maximum atomic E-state index is 11.6. The first-order chi connectivity index (χ1) is 9.67. The van der Waals surface area contributed by atoms with E-state index in [1.165, 1.54) is 17.2 Å². The fourth-order valence-electron chi connectivity index (χ4n) is 2.53. The number of nitrogens with one attached hydrogen (secondary N) is 2. The number of ether oxygens (including phenoxy) is 1. The highest BCUT2D eigenvalue weighted by atomic mass is 16.5. The second kappa shape index (κ2) is 4.94. The standard InChI is InChI=1S/C11H15N5O4/c1-12-6-5(2-17)20-11(8(6)18)16-4-15-7-9(16)13-3-14-10(7)19/h3-6,8,11-12,17-18H,2H2,1H3,(H,13,14,19)/t5-,6-,8+,11-/m0/s1. The van der Waals surface area contributed by atoms with Gasteiger partial charge in [0.1, 0.15) is 12.2 Å². The van der Waals surface area contributed by atoms with Gasteiger partial charge < -0.3 is 25.3 Å². The van der Waals surface area contributed by atoms with Crippen LogP contribution >= 0.6 is 0 Å². The summed E-state index contributed by atoms with van der Waals surface area (Å²) in [6.45, 7) is -0.223. The molecule has 9 nitrogen and oxygen atoms in total. The number of aromatic nitrogens is 4. The highest BCUT2D eigenvalue weighted by molar-refractivity contribution is 5.68. The number of imidazole rings is 1. The zero-order valence-corrected chi connectivity index (χ0v) is 10.7. The third-order valence-corrected chi connectivity index (χ3v) is 3.53. The molecule has 3 heterocycles. The third kappa shape index (κ3) is 1.83. The van der Waals surface area contributed by atoms with E-state index in [2.05, 4.69) is 20.3 Å². The molecule has 2 aromatic heterocycles. The summed E-state index contributed by atoms with van der Waals surface area (Å²) < 4.78 is 7.12. The Morgan fingerprint density at radius 3 is 3.00 bits per heavy atom. The highest BCUT2D eigenvalue weighted by Crippen LogP contribution is 2.30. The van der Waals surface area contributed by atoms with Crippen LogP contribution in [0.25, 0.3) is 11.2 Å². The minimum absolute atomic E-state index is 0.178. The third-order valence-electron chi connectivity index (χ3n) is 3.53. The molecule has 9 heteroatoms. The molecule has 4 atom stereocenters. The van der Waals surface area contributed by atoms with Crippen LogP contribution in [0.3, 0.4) is 0 Å². The van der Waals surface area contributed by atoms with Crippen LogP contribution in [0.2, 0.25) is 0 Å². The molecule has 2 aromatic rings. The molecule has 1 aliphatic rings. The van der Waals surface area contributed by atoms with Crippen LogP contribution in [-0.2, 0) is 4.74 Å². The summed E-state index contributed by atoms with van der Waals surface area (Å²) in [5.41, 5.74) is 0.146. The lowest BCUT2D eigenvalue weighted by molar-refractivity contribution is -0.0489. The molecule has 20 heavy (non-hydrogen) atoms. The van der Waals surface area contributed by atoms with Gasteiger partial charge in [0.15, 0.2) is 17.4 Å². The molecule has 1 fully saturated rings. The van der Waals surface area contributed by atoms with Crippen molar-refractivity contribution in [1.82, 2.24) is 24.8 Å². The van der Waals surface area contributed by atoms with Crippen molar-refractivity contribution in [2.45, 2.75) is 24.5 Å². The van der Waals surface area contributed by atoms with Crippen molar-refractivity contribution < 1.29 is 14.9 Å². The minimum atomic E-state index is -0.893. The molecule has 0 aliphatic carbocycles. The van der Waals surface area contributed by atoms with Crippen LogP contribution in [0, 0.1) is 0 Å². The van der Waals surface area contributed by atoms with Gasteiger partial charge in [-0.1, -0.05) is 0 Å². The molecule has 1 aliphatic heterocycles. The summed E-state index contributed by atoms with van der Waals surface area (Å²) in [5.74, 6) is 0. The first-order valence-corrected chi connectivity index (χ1v) is 6.19. The second-order valence-electron chi connectivity index (χ2n) is 4.61. The van der Waals surface area contributed by atoms with E-state index in [9.17, 15) is 15.0 Å². The van der Waals surface area contributed by atoms with E-state index in [1.807, 2.05) is 0 Å². The van der Waals surface area contributed by atoms with E-state index in [1.54, 1.807) is 7.05 Å². The maximum Gasteiger partial charge on any atom is 0.278 e. The predicted molar refractivity (Wildman–Crippen MR) is 68.0 cm³/mol. The van der Waals surface area contributed by atoms with Crippen molar-refractivity contribution in [1.29, 1.82) is 0 Å². The summed E-state index contributed by atoms with van der Waals surface area (Å²) >= 11 is 0. The van der Waals surface area contributed by atoms with Gasteiger partial charge in [-0.05, 0) is 7.05 Å². The molecule has 0 amide bonds. The molecule has 0 aromatic carbocycles. The Labute approximate surface area is 113 Å². The van der Waals surface area contributed by atoms with Crippen molar-refractivity contribution in [3.05, 3.63) is 23.0 Å². The summed E-state index contributed by atoms with van der Waals surface area (Å²) in [4.78, 5) is 22.1. The van der Waals surface area contributed by atoms with Crippen LogP contribution in [0.1, 0.15) is 6.23 Å². The Morgan fingerprint density at radius 1 is 1.55 bits per heavy atom. The number of nitrogens with zero attached hydrogens (tertiary/aromatic N) is 3. The first-order valence-electron chi connectivity index (χ1n) is 6.19. The second-order valence-corrected chi connectivity index (χ2v) is 4.61. The van der Waals surface area contributed by atoms with Gasteiger partial charge in [-0.3, -0.25) is 9.36 Å². The number of likely N-dealkylation sites (N-methyl/N-ethyl adjacent to an activating group) is 1. The average Bonchev–Trinajstić information content (AvgIpc) is 3.00. The van der Waals surface area contributed by atoms with Gasteiger partial charge in [-0.15, -0.1) is 0 Å². The van der Waals surface area contributed by atoms with Crippen molar-refractivity contribution >= 4 is 11.2 Å². The Bertz CT molecular complexity index is 668. The van der Waals surface area contributed by atoms with E-state index in [4.69, 9.17) is 4.74 Å². The normalized spacial score (nSPS) is 30.1.